The maximum atomic E-state index is 12.5. The molecule has 2 aromatic rings. The number of methoxy groups -OCH3 is 1. The number of fused-ring (bicyclic) bond motifs is 3. The van der Waals surface area contributed by atoms with Crippen LogP contribution >= 0.6 is 0 Å². The Hall–Kier alpha value is -2.97. The van der Waals surface area contributed by atoms with Crippen molar-refractivity contribution in [1.82, 2.24) is 4.90 Å². The quantitative estimate of drug-likeness (QED) is 0.786. The molecular weight excluding hydrogens is 378 g/mol. The molecular formula is C21H21NO7. The second-order valence-electron chi connectivity index (χ2n) is 7.28. The first-order chi connectivity index (χ1) is 14.1. The number of ether oxygens (including phenoxy) is 5. The minimum Gasteiger partial charge on any atom is -0.465 e. The van der Waals surface area contributed by atoms with Crippen LogP contribution in [0, 0.1) is 0 Å². The molecule has 2 aromatic carbocycles. The Morgan fingerprint density at radius 3 is 2.66 bits per heavy atom. The van der Waals surface area contributed by atoms with Gasteiger partial charge in [0.05, 0.1) is 19.3 Å². The first kappa shape index (κ1) is 18.1. The lowest BCUT2D eigenvalue weighted by molar-refractivity contribution is 0.0491. The van der Waals surface area contributed by atoms with Crippen molar-refractivity contribution in [2.75, 3.05) is 34.3 Å². The van der Waals surface area contributed by atoms with Crippen molar-refractivity contribution in [3.8, 4) is 23.0 Å². The predicted octanol–water partition coefficient (Wildman–Crippen LogP) is 2.19. The van der Waals surface area contributed by atoms with Crippen molar-refractivity contribution >= 4 is 5.97 Å². The third-order valence-corrected chi connectivity index (χ3v) is 5.74. The molecule has 0 saturated heterocycles. The van der Waals surface area contributed by atoms with Crippen molar-refractivity contribution in [3.05, 3.63) is 46.5 Å². The Labute approximate surface area is 167 Å². The van der Waals surface area contributed by atoms with Crippen LogP contribution < -0.4 is 18.9 Å². The lowest BCUT2D eigenvalue weighted by atomic mass is 9.85. The Kier molecular flexibility index (Phi) is 4.25. The summed E-state index contributed by atoms with van der Waals surface area (Å²) >= 11 is 0. The van der Waals surface area contributed by atoms with E-state index in [0.717, 1.165) is 29.8 Å². The fraction of sp³-hybridized carbons (Fsp3) is 0.381. The minimum absolute atomic E-state index is 0.0223. The third kappa shape index (κ3) is 2.79. The second-order valence-corrected chi connectivity index (χ2v) is 7.28. The normalized spacial score (nSPS) is 20.3. The van der Waals surface area contributed by atoms with Gasteiger partial charge in [-0.1, -0.05) is 6.07 Å². The van der Waals surface area contributed by atoms with Gasteiger partial charge in [0, 0.05) is 12.1 Å². The largest absolute Gasteiger partial charge is 0.465 e. The van der Waals surface area contributed by atoms with Crippen LogP contribution in [0.5, 0.6) is 23.0 Å². The van der Waals surface area contributed by atoms with Crippen LogP contribution in [0.4, 0.5) is 0 Å². The molecule has 3 aliphatic heterocycles. The molecule has 0 bridgehead atoms. The molecule has 0 fully saturated rings. The molecule has 3 heterocycles. The van der Waals surface area contributed by atoms with Gasteiger partial charge in [-0.05, 0) is 42.8 Å². The average molecular weight is 399 g/mol. The monoisotopic (exact) mass is 399 g/mol. The van der Waals surface area contributed by atoms with Gasteiger partial charge in [-0.15, -0.1) is 0 Å². The van der Waals surface area contributed by atoms with E-state index in [0.29, 0.717) is 22.8 Å². The van der Waals surface area contributed by atoms with E-state index in [1.54, 1.807) is 12.1 Å². The van der Waals surface area contributed by atoms with Gasteiger partial charge < -0.3 is 28.8 Å². The van der Waals surface area contributed by atoms with Crippen LogP contribution in [0.15, 0.2) is 24.3 Å². The smallest absolute Gasteiger partial charge is 0.342 e. The predicted molar refractivity (Wildman–Crippen MR) is 101 cm³/mol. The number of hydrogen-bond donors (Lipinski definition) is 1. The third-order valence-electron chi connectivity index (χ3n) is 5.74. The molecule has 1 N–H and O–H groups in total. The summed E-state index contributed by atoms with van der Waals surface area (Å²) in [5, 5.41) is 11.4. The van der Waals surface area contributed by atoms with Gasteiger partial charge in [0.15, 0.2) is 23.0 Å². The van der Waals surface area contributed by atoms with E-state index < -0.39 is 12.1 Å². The van der Waals surface area contributed by atoms with E-state index in [9.17, 15) is 9.90 Å². The van der Waals surface area contributed by atoms with Crippen molar-refractivity contribution in [1.29, 1.82) is 0 Å². The number of carbonyl (C=O) groups is 1. The number of aliphatic hydroxyl groups excluding tert-OH is 1. The number of esters is 1. The topological polar surface area (TPSA) is 86.7 Å². The number of nitrogens with zero attached hydrogens (tertiary/aromatic N) is 1. The summed E-state index contributed by atoms with van der Waals surface area (Å²) in [4.78, 5) is 14.6. The van der Waals surface area contributed by atoms with Crippen LogP contribution in [0.2, 0.25) is 0 Å². The van der Waals surface area contributed by atoms with E-state index in [-0.39, 0.29) is 25.2 Å². The Morgan fingerprint density at radius 1 is 1.14 bits per heavy atom. The molecule has 0 saturated carbocycles. The molecule has 3 aliphatic rings. The number of carbonyl (C=O) groups excluding carboxylic acids is 1. The highest BCUT2D eigenvalue weighted by Gasteiger charge is 2.37. The van der Waals surface area contributed by atoms with Crippen molar-refractivity contribution in [3.63, 3.8) is 0 Å². The lowest BCUT2D eigenvalue weighted by Gasteiger charge is -2.38. The Morgan fingerprint density at radius 2 is 1.86 bits per heavy atom. The summed E-state index contributed by atoms with van der Waals surface area (Å²) in [6, 6.07) is 6.92. The fourth-order valence-electron chi connectivity index (χ4n) is 4.29. The van der Waals surface area contributed by atoms with Gasteiger partial charge >= 0.3 is 5.97 Å². The van der Waals surface area contributed by atoms with E-state index in [2.05, 4.69) is 4.90 Å². The van der Waals surface area contributed by atoms with Gasteiger partial charge in [-0.25, -0.2) is 4.79 Å². The summed E-state index contributed by atoms with van der Waals surface area (Å²) in [5.74, 6) is 1.57. The summed E-state index contributed by atoms with van der Waals surface area (Å²) < 4.78 is 26.9. The summed E-state index contributed by atoms with van der Waals surface area (Å²) in [6.45, 7) is 0.969. The number of aliphatic hydroxyl groups is 1. The van der Waals surface area contributed by atoms with Gasteiger partial charge in [0.1, 0.15) is 5.56 Å². The first-order valence-electron chi connectivity index (χ1n) is 9.40. The minimum atomic E-state index is -0.997. The van der Waals surface area contributed by atoms with Crippen LogP contribution in [0.3, 0.4) is 0 Å². The maximum absolute atomic E-state index is 12.5. The van der Waals surface area contributed by atoms with Crippen LogP contribution in [0.25, 0.3) is 0 Å². The molecule has 5 rings (SSSR count). The molecule has 0 radical (unpaired) electrons. The van der Waals surface area contributed by atoms with Gasteiger partial charge in [0.25, 0.3) is 0 Å². The van der Waals surface area contributed by atoms with Crippen molar-refractivity contribution < 1.29 is 33.6 Å². The average Bonchev–Trinajstić information content (AvgIpc) is 3.39. The number of hydrogen-bond acceptors (Lipinski definition) is 8. The summed E-state index contributed by atoms with van der Waals surface area (Å²) in [5.41, 5.74) is 2.67. The zero-order valence-corrected chi connectivity index (χ0v) is 16.1. The van der Waals surface area contributed by atoms with Crippen LogP contribution in [-0.4, -0.2) is 50.3 Å². The van der Waals surface area contributed by atoms with E-state index in [4.69, 9.17) is 23.7 Å². The fourth-order valence-corrected chi connectivity index (χ4v) is 4.29. The standard InChI is InChI=1S/C21H21NO7/c1-22-6-5-11-7-15-16(28-9-27-15)8-13(11)18(22)19(23)12-3-4-14-20(29-10-26-14)17(12)21(24)25-2/h3-4,7-8,18-19,23H,5-6,9-10H2,1-2H3. The molecule has 8 heteroatoms. The van der Waals surface area contributed by atoms with Gasteiger partial charge in [-0.3, -0.25) is 4.90 Å². The summed E-state index contributed by atoms with van der Waals surface area (Å²) in [6.07, 6.45) is -0.167. The molecule has 29 heavy (non-hydrogen) atoms. The zero-order chi connectivity index (χ0) is 20.1. The number of likely N-dealkylation sites (N-methyl/N-ethyl adjacent to an activating group) is 1. The molecule has 152 valence electrons. The highest BCUT2D eigenvalue weighted by Crippen LogP contribution is 2.47. The Bertz CT molecular complexity index is 989. The first-order valence-corrected chi connectivity index (χ1v) is 9.40. The zero-order valence-electron chi connectivity index (χ0n) is 16.1. The highest BCUT2D eigenvalue weighted by molar-refractivity contribution is 5.95. The molecule has 0 aromatic heterocycles. The molecule has 0 amide bonds. The second kappa shape index (κ2) is 6.82. The van der Waals surface area contributed by atoms with Crippen LogP contribution in [0.1, 0.15) is 39.2 Å². The van der Waals surface area contributed by atoms with Crippen molar-refractivity contribution in [2.45, 2.75) is 18.6 Å². The molecule has 8 nitrogen and oxygen atoms in total. The molecule has 0 aliphatic carbocycles. The number of rotatable bonds is 3. The molecule has 2 atom stereocenters. The summed E-state index contributed by atoms with van der Waals surface area (Å²) in [7, 11) is 3.25. The highest BCUT2D eigenvalue weighted by atomic mass is 16.7. The van der Waals surface area contributed by atoms with Gasteiger partial charge in [-0.2, -0.15) is 0 Å². The number of benzene rings is 2. The molecule has 0 spiro atoms. The van der Waals surface area contributed by atoms with Gasteiger partial charge in [0.2, 0.25) is 13.6 Å². The molecule has 2 unspecified atom stereocenters. The van der Waals surface area contributed by atoms with E-state index in [1.807, 2.05) is 19.2 Å². The SMILES string of the molecule is COC(=O)c1c(C(O)C2c3cc4c(cc3CCN2C)OCO4)ccc2c1OCO2. The lowest BCUT2D eigenvalue weighted by Crippen LogP contribution is -2.36. The van der Waals surface area contributed by atoms with Crippen molar-refractivity contribution in [2.24, 2.45) is 0 Å². The van der Waals surface area contributed by atoms with Crippen LogP contribution in [-0.2, 0) is 11.2 Å². The maximum Gasteiger partial charge on any atom is 0.342 e. The Balaban J connectivity index is 1.62. The van der Waals surface area contributed by atoms with E-state index in [1.165, 1.54) is 7.11 Å². The van der Waals surface area contributed by atoms with E-state index >= 15 is 0 Å².